The average Bonchev–Trinajstić information content (AvgIpc) is 2.90. The predicted octanol–water partition coefficient (Wildman–Crippen LogP) is 3.71. The van der Waals surface area contributed by atoms with Crippen LogP contribution < -0.4 is 4.74 Å². The van der Waals surface area contributed by atoms with Crippen LogP contribution in [0.25, 0.3) is 16.9 Å². The molecule has 0 aliphatic heterocycles. The molecule has 0 aliphatic carbocycles. The Hall–Kier alpha value is -1.78. The van der Waals surface area contributed by atoms with Crippen LogP contribution in [0.5, 0.6) is 5.75 Å². The minimum atomic E-state index is 0.363. The Morgan fingerprint density at radius 1 is 1.16 bits per heavy atom. The van der Waals surface area contributed by atoms with Crippen LogP contribution in [0.3, 0.4) is 0 Å². The molecule has 0 fully saturated rings. The van der Waals surface area contributed by atoms with Crippen molar-refractivity contribution in [2.45, 2.75) is 0 Å². The van der Waals surface area contributed by atoms with Crippen LogP contribution in [0.15, 0.2) is 36.5 Å². The molecule has 0 amide bonds. The second-order valence-corrected chi connectivity index (χ2v) is 4.72. The molecule has 1 aromatic carbocycles. The van der Waals surface area contributed by atoms with E-state index in [0.29, 0.717) is 21.7 Å². The molecule has 4 nitrogen and oxygen atoms in total. The molecule has 3 aromatic rings. The fraction of sp³-hybridized carbons (Fsp3) is 0.0769. The number of halogens is 2. The zero-order valence-corrected chi connectivity index (χ0v) is 11.5. The predicted molar refractivity (Wildman–Crippen MR) is 75.0 cm³/mol. The number of rotatable bonds is 2. The molecule has 96 valence electrons. The Balaban J connectivity index is 2.30. The standard InChI is InChI=1S/C13H9Cl2N3O/c1-19-11-7-8(14)4-5-9(11)13-17-16-12(15)10-3-2-6-18(10)13/h2-7H,1H3. The van der Waals surface area contributed by atoms with Gasteiger partial charge in [-0.1, -0.05) is 23.2 Å². The maximum Gasteiger partial charge on any atom is 0.175 e. The Labute approximate surface area is 119 Å². The molecule has 3 rings (SSSR count). The molecule has 2 aromatic heterocycles. The molecule has 0 radical (unpaired) electrons. The molecular formula is C13H9Cl2N3O. The van der Waals surface area contributed by atoms with E-state index in [0.717, 1.165) is 11.1 Å². The van der Waals surface area contributed by atoms with Gasteiger partial charge in [-0.05, 0) is 30.3 Å². The highest BCUT2D eigenvalue weighted by atomic mass is 35.5. The van der Waals surface area contributed by atoms with Crippen LogP contribution in [0.4, 0.5) is 0 Å². The van der Waals surface area contributed by atoms with Crippen molar-refractivity contribution >= 4 is 28.7 Å². The van der Waals surface area contributed by atoms with Crippen molar-refractivity contribution in [1.29, 1.82) is 0 Å². The summed E-state index contributed by atoms with van der Waals surface area (Å²) in [7, 11) is 1.59. The summed E-state index contributed by atoms with van der Waals surface area (Å²) in [5, 5.41) is 9.07. The molecule has 0 spiro atoms. The van der Waals surface area contributed by atoms with Gasteiger partial charge in [0.1, 0.15) is 5.75 Å². The van der Waals surface area contributed by atoms with Crippen molar-refractivity contribution in [1.82, 2.24) is 14.6 Å². The maximum atomic E-state index is 6.01. The number of hydrogen-bond acceptors (Lipinski definition) is 3. The minimum absolute atomic E-state index is 0.363. The topological polar surface area (TPSA) is 39.4 Å². The molecule has 0 atom stereocenters. The van der Waals surface area contributed by atoms with Crippen molar-refractivity contribution in [3.63, 3.8) is 0 Å². The number of nitrogens with zero attached hydrogens (tertiary/aromatic N) is 3. The van der Waals surface area contributed by atoms with Crippen molar-refractivity contribution in [2.75, 3.05) is 7.11 Å². The highest BCUT2D eigenvalue weighted by molar-refractivity contribution is 6.32. The Kier molecular flexibility index (Phi) is 3.05. The molecule has 0 unspecified atom stereocenters. The first-order valence-corrected chi connectivity index (χ1v) is 6.29. The summed E-state index contributed by atoms with van der Waals surface area (Å²) in [5.41, 5.74) is 1.60. The SMILES string of the molecule is COc1cc(Cl)ccc1-c1nnc(Cl)c2cccn12. The van der Waals surface area contributed by atoms with Gasteiger partial charge in [-0.25, -0.2) is 0 Å². The van der Waals surface area contributed by atoms with Crippen molar-refractivity contribution in [2.24, 2.45) is 0 Å². The lowest BCUT2D eigenvalue weighted by atomic mass is 10.2. The van der Waals surface area contributed by atoms with Gasteiger partial charge in [0, 0.05) is 11.2 Å². The first-order chi connectivity index (χ1) is 9.20. The zero-order chi connectivity index (χ0) is 13.4. The van der Waals surface area contributed by atoms with Gasteiger partial charge in [0.2, 0.25) is 0 Å². The van der Waals surface area contributed by atoms with Crippen LogP contribution in [0, 0.1) is 0 Å². The van der Waals surface area contributed by atoms with E-state index in [1.165, 1.54) is 0 Å². The van der Waals surface area contributed by atoms with Gasteiger partial charge in [-0.2, -0.15) is 0 Å². The molecule has 0 aliphatic rings. The van der Waals surface area contributed by atoms with Crippen LogP contribution in [0.2, 0.25) is 10.2 Å². The lowest BCUT2D eigenvalue weighted by Crippen LogP contribution is -2.00. The van der Waals surface area contributed by atoms with E-state index in [1.807, 2.05) is 28.8 Å². The lowest BCUT2D eigenvalue weighted by molar-refractivity contribution is 0.416. The van der Waals surface area contributed by atoms with Gasteiger partial charge in [0.25, 0.3) is 0 Å². The third kappa shape index (κ3) is 2.03. The van der Waals surface area contributed by atoms with E-state index >= 15 is 0 Å². The summed E-state index contributed by atoms with van der Waals surface area (Å²) >= 11 is 12.0. The largest absolute Gasteiger partial charge is 0.496 e. The molecule has 0 saturated carbocycles. The number of benzene rings is 1. The molecule has 6 heteroatoms. The lowest BCUT2D eigenvalue weighted by Gasteiger charge is -2.10. The van der Waals surface area contributed by atoms with Gasteiger partial charge in [0.15, 0.2) is 11.0 Å². The van der Waals surface area contributed by atoms with Gasteiger partial charge in [-0.3, -0.25) is 4.40 Å². The second kappa shape index (κ2) is 4.72. The van der Waals surface area contributed by atoms with E-state index in [-0.39, 0.29) is 0 Å². The molecule has 0 bridgehead atoms. The highest BCUT2D eigenvalue weighted by Gasteiger charge is 2.13. The third-order valence-electron chi connectivity index (χ3n) is 2.83. The van der Waals surface area contributed by atoms with Gasteiger partial charge in [-0.15, -0.1) is 10.2 Å². The molecule has 2 heterocycles. The minimum Gasteiger partial charge on any atom is -0.496 e. The van der Waals surface area contributed by atoms with Crippen molar-refractivity contribution in [3.05, 3.63) is 46.7 Å². The Morgan fingerprint density at radius 3 is 2.79 bits per heavy atom. The molecule has 19 heavy (non-hydrogen) atoms. The summed E-state index contributed by atoms with van der Waals surface area (Å²) in [6.07, 6.45) is 1.87. The van der Waals surface area contributed by atoms with E-state index in [4.69, 9.17) is 27.9 Å². The number of fused-ring (bicyclic) bond motifs is 1. The number of ether oxygens (including phenoxy) is 1. The Morgan fingerprint density at radius 2 is 2.00 bits per heavy atom. The van der Waals surface area contributed by atoms with Crippen LogP contribution in [0.1, 0.15) is 0 Å². The maximum absolute atomic E-state index is 6.01. The normalized spacial score (nSPS) is 10.9. The summed E-state index contributed by atoms with van der Waals surface area (Å²) in [6.45, 7) is 0. The smallest absolute Gasteiger partial charge is 0.175 e. The van der Waals surface area contributed by atoms with E-state index < -0.39 is 0 Å². The third-order valence-corrected chi connectivity index (χ3v) is 3.33. The van der Waals surface area contributed by atoms with Gasteiger partial charge in [0.05, 0.1) is 18.2 Å². The fourth-order valence-electron chi connectivity index (χ4n) is 1.96. The summed E-state index contributed by atoms with van der Waals surface area (Å²) < 4.78 is 7.20. The van der Waals surface area contributed by atoms with Crippen LogP contribution in [-0.2, 0) is 0 Å². The first-order valence-electron chi connectivity index (χ1n) is 5.54. The van der Waals surface area contributed by atoms with Gasteiger partial charge < -0.3 is 4.74 Å². The number of methoxy groups -OCH3 is 1. The molecular weight excluding hydrogens is 285 g/mol. The van der Waals surface area contributed by atoms with Crippen LogP contribution >= 0.6 is 23.2 Å². The first kappa shape index (κ1) is 12.3. The monoisotopic (exact) mass is 293 g/mol. The second-order valence-electron chi connectivity index (χ2n) is 3.92. The average molecular weight is 294 g/mol. The number of aromatic nitrogens is 3. The highest BCUT2D eigenvalue weighted by Crippen LogP contribution is 2.32. The molecule has 0 saturated heterocycles. The fourth-order valence-corrected chi connectivity index (χ4v) is 2.31. The van der Waals surface area contributed by atoms with Crippen molar-refractivity contribution < 1.29 is 4.74 Å². The van der Waals surface area contributed by atoms with Crippen molar-refractivity contribution in [3.8, 4) is 17.1 Å². The Bertz CT molecular complexity index is 755. The van der Waals surface area contributed by atoms with Crippen LogP contribution in [-0.4, -0.2) is 21.7 Å². The zero-order valence-electron chi connectivity index (χ0n) is 9.97. The summed E-state index contributed by atoms with van der Waals surface area (Å²) in [5.74, 6) is 1.29. The summed E-state index contributed by atoms with van der Waals surface area (Å²) in [4.78, 5) is 0. The van der Waals surface area contributed by atoms with Gasteiger partial charge >= 0.3 is 0 Å². The molecule has 0 N–H and O–H groups in total. The number of hydrogen-bond donors (Lipinski definition) is 0. The quantitative estimate of drug-likeness (QED) is 0.723. The summed E-state index contributed by atoms with van der Waals surface area (Å²) in [6, 6.07) is 9.13. The van der Waals surface area contributed by atoms with E-state index in [2.05, 4.69) is 10.2 Å². The van der Waals surface area contributed by atoms with E-state index in [9.17, 15) is 0 Å². The van der Waals surface area contributed by atoms with E-state index in [1.54, 1.807) is 19.2 Å².